The zero-order valence-corrected chi connectivity index (χ0v) is 18.4. The van der Waals surface area contributed by atoms with Crippen molar-refractivity contribution in [1.29, 1.82) is 0 Å². The minimum atomic E-state index is -5.11. The molecule has 8 nitrogen and oxygen atoms in total. The lowest BCUT2D eigenvalue weighted by molar-refractivity contribution is -0.208. The first-order valence-corrected chi connectivity index (χ1v) is 10.9. The molecule has 35 heavy (non-hydrogen) atoms. The Hall–Kier alpha value is -3.70. The van der Waals surface area contributed by atoms with Gasteiger partial charge in [0.2, 0.25) is 5.95 Å². The lowest BCUT2D eigenvalue weighted by Gasteiger charge is -2.47. The Bertz CT molecular complexity index is 1250. The fraction of sp³-hybridized carbons (Fsp3) is 0.391. The standard InChI is InChI=1S/C23H20F4N4O4/c1-31-19(32)22(30-21(31)28)14-6-5-12(34-20(33)23(25,26)27)10-17(14)35-16-7-4-11(9-15(16)22)13-3-2-8-29-18(13)24/h2-4,7-9,12,14,17H,5-6,10H2,1H3,(H2,28,30). The number of hydrogen-bond donors (Lipinski definition) is 1. The van der Waals surface area contributed by atoms with Gasteiger partial charge in [-0.2, -0.15) is 17.6 Å². The van der Waals surface area contributed by atoms with Gasteiger partial charge >= 0.3 is 12.1 Å². The molecule has 1 aromatic carbocycles. The highest BCUT2D eigenvalue weighted by molar-refractivity contribution is 6.07. The number of pyridine rings is 1. The summed E-state index contributed by atoms with van der Waals surface area (Å²) >= 11 is 0. The number of carbonyl (C=O) groups excluding carboxylic acids is 2. The van der Waals surface area contributed by atoms with Crippen LogP contribution in [0.2, 0.25) is 0 Å². The number of rotatable bonds is 2. The Morgan fingerprint density at radius 1 is 1.29 bits per heavy atom. The van der Waals surface area contributed by atoms with E-state index in [1.807, 2.05) is 0 Å². The number of carbonyl (C=O) groups is 2. The van der Waals surface area contributed by atoms with Gasteiger partial charge < -0.3 is 15.2 Å². The van der Waals surface area contributed by atoms with Gasteiger partial charge in [-0.15, -0.1) is 0 Å². The summed E-state index contributed by atoms with van der Waals surface area (Å²) in [5, 5.41) is 0. The zero-order valence-electron chi connectivity index (χ0n) is 18.4. The fourth-order valence-corrected chi connectivity index (χ4v) is 5.17. The van der Waals surface area contributed by atoms with E-state index in [2.05, 4.69) is 14.7 Å². The largest absolute Gasteiger partial charge is 0.490 e. The van der Waals surface area contributed by atoms with Crippen LogP contribution in [0.4, 0.5) is 17.6 Å². The van der Waals surface area contributed by atoms with Crippen molar-refractivity contribution in [3.05, 3.63) is 48.0 Å². The lowest BCUT2D eigenvalue weighted by Crippen LogP contribution is -2.55. The monoisotopic (exact) mass is 492 g/mol. The van der Waals surface area contributed by atoms with Crippen LogP contribution < -0.4 is 10.5 Å². The van der Waals surface area contributed by atoms with Gasteiger partial charge in [-0.1, -0.05) is 6.07 Å². The van der Waals surface area contributed by atoms with E-state index in [0.717, 1.165) is 0 Å². The molecule has 4 unspecified atom stereocenters. The number of esters is 1. The number of ether oxygens (including phenoxy) is 2. The minimum absolute atomic E-state index is 0.0230. The van der Waals surface area contributed by atoms with E-state index in [1.54, 1.807) is 30.3 Å². The van der Waals surface area contributed by atoms with Crippen LogP contribution >= 0.6 is 0 Å². The van der Waals surface area contributed by atoms with Crippen LogP contribution in [0.15, 0.2) is 41.5 Å². The van der Waals surface area contributed by atoms with Crippen molar-refractivity contribution >= 4 is 17.8 Å². The van der Waals surface area contributed by atoms with Crippen molar-refractivity contribution in [2.45, 2.75) is 43.2 Å². The molecule has 3 aliphatic rings. The Morgan fingerprint density at radius 2 is 2.06 bits per heavy atom. The van der Waals surface area contributed by atoms with E-state index in [9.17, 15) is 27.2 Å². The molecule has 2 N–H and O–H groups in total. The van der Waals surface area contributed by atoms with Crippen molar-refractivity contribution in [1.82, 2.24) is 9.88 Å². The Kier molecular flexibility index (Phi) is 5.22. The first kappa shape index (κ1) is 23.1. The van der Waals surface area contributed by atoms with Crippen LogP contribution in [0.5, 0.6) is 5.75 Å². The molecule has 3 heterocycles. The second-order valence-electron chi connectivity index (χ2n) is 8.75. The summed E-state index contributed by atoms with van der Waals surface area (Å²) in [7, 11) is 1.47. The van der Waals surface area contributed by atoms with E-state index in [1.165, 1.54) is 18.1 Å². The summed E-state index contributed by atoms with van der Waals surface area (Å²) in [6, 6.07) is 7.87. The van der Waals surface area contributed by atoms with E-state index < -0.39 is 47.7 Å². The summed E-state index contributed by atoms with van der Waals surface area (Å²) in [6.45, 7) is 0. The SMILES string of the molecule is CN1C(=O)C2(N=C1N)c1cc(-c3cccnc3F)ccc1OC1CC(OC(=O)C(F)(F)F)CCC12. The molecule has 12 heteroatoms. The summed E-state index contributed by atoms with van der Waals surface area (Å²) in [6.07, 6.45) is -5.40. The van der Waals surface area contributed by atoms with Crippen molar-refractivity contribution in [3.63, 3.8) is 0 Å². The number of aliphatic imine (C=N–C) groups is 1. The van der Waals surface area contributed by atoms with Crippen molar-refractivity contribution in [2.75, 3.05) is 7.05 Å². The number of fused-ring (bicyclic) bond motifs is 4. The minimum Gasteiger partial charge on any atom is -0.489 e. The van der Waals surface area contributed by atoms with Gasteiger partial charge in [0.15, 0.2) is 11.5 Å². The van der Waals surface area contributed by atoms with E-state index in [4.69, 9.17) is 10.5 Å². The van der Waals surface area contributed by atoms with Crippen LogP contribution in [0.25, 0.3) is 11.1 Å². The highest BCUT2D eigenvalue weighted by Crippen LogP contribution is 2.54. The van der Waals surface area contributed by atoms with Gasteiger partial charge in [-0.05, 0) is 42.7 Å². The van der Waals surface area contributed by atoms with Gasteiger partial charge in [0.25, 0.3) is 5.91 Å². The maximum atomic E-state index is 14.4. The van der Waals surface area contributed by atoms with Crippen molar-refractivity contribution in [2.24, 2.45) is 16.6 Å². The van der Waals surface area contributed by atoms with Crippen LogP contribution in [0.1, 0.15) is 24.8 Å². The van der Waals surface area contributed by atoms with Crippen molar-refractivity contribution < 1.29 is 36.6 Å². The van der Waals surface area contributed by atoms with Crippen LogP contribution in [0, 0.1) is 11.9 Å². The molecule has 1 fully saturated rings. The predicted molar refractivity (Wildman–Crippen MR) is 113 cm³/mol. The van der Waals surface area contributed by atoms with Crippen LogP contribution in [-0.4, -0.2) is 53.2 Å². The van der Waals surface area contributed by atoms with Gasteiger partial charge in [0.1, 0.15) is 18.0 Å². The quantitative estimate of drug-likeness (QED) is 0.393. The maximum absolute atomic E-state index is 14.4. The molecular formula is C23H20F4N4O4. The smallest absolute Gasteiger partial charge is 0.489 e. The molecule has 1 amide bonds. The molecule has 0 bridgehead atoms. The molecule has 5 rings (SSSR count). The molecule has 1 saturated carbocycles. The molecule has 1 spiro atoms. The normalized spacial score (nSPS) is 27.7. The number of nitrogens with two attached hydrogens (primary N) is 1. The Balaban J connectivity index is 1.57. The average Bonchev–Trinajstić information content (AvgIpc) is 3.03. The molecule has 2 aliphatic heterocycles. The van der Waals surface area contributed by atoms with Gasteiger partial charge in [-0.25, -0.2) is 14.8 Å². The number of nitrogens with zero attached hydrogens (tertiary/aromatic N) is 3. The Labute approximate surface area is 196 Å². The number of hydrogen-bond acceptors (Lipinski definition) is 7. The fourth-order valence-electron chi connectivity index (χ4n) is 5.17. The van der Waals surface area contributed by atoms with Crippen LogP contribution in [-0.2, 0) is 19.9 Å². The number of alkyl halides is 3. The molecule has 1 aliphatic carbocycles. The molecule has 184 valence electrons. The molecule has 2 aromatic rings. The van der Waals surface area contributed by atoms with Crippen molar-refractivity contribution in [3.8, 4) is 16.9 Å². The highest BCUT2D eigenvalue weighted by Gasteiger charge is 2.61. The van der Waals surface area contributed by atoms with E-state index in [0.29, 0.717) is 11.1 Å². The molecule has 4 atom stereocenters. The number of aromatic nitrogens is 1. The van der Waals surface area contributed by atoms with E-state index >= 15 is 0 Å². The highest BCUT2D eigenvalue weighted by atomic mass is 19.4. The first-order chi connectivity index (χ1) is 16.5. The molecular weight excluding hydrogens is 472 g/mol. The zero-order chi connectivity index (χ0) is 25.1. The predicted octanol–water partition coefficient (Wildman–Crippen LogP) is 2.90. The summed E-state index contributed by atoms with van der Waals surface area (Å²) in [4.78, 5) is 34.3. The molecule has 1 aromatic heterocycles. The summed E-state index contributed by atoms with van der Waals surface area (Å²) in [5.74, 6) is -3.74. The first-order valence-electron chi connectivity index (χ1n) is 10.9. The lowest BCUT2D eigenvalue weighted by atomic mass is 9.66. The second-order valence-corrected chi connectivity index (χ2v) is 8.75. The van der Waals surface area contributed by atoms with Gasteiger partial charge in [0, 0.05) is 36.7 Å². The second kappa shape index (κ2) is 7.92. The molecule has 0 saturated heterocycles. The van der Waals surface area contributed by atoms with Gasteiger partial charge in [0.05, 0.1) is 0 Å². The number of halogens is 4. The Morgan fingerprint density at radius 3 is 2.71 bits per heavy atom. The van der Waals surface area contributed by atoms with E-state index in [-0.39, 0.29) is 36.5 Å². The topological polar surface area (TPSA) is 107 Å². The average molecular weight is 492 g/mol. The summed E-state index contributed by atoms with van der Waals surface area (Å²) in [5.41, 5.74) is 5.54. The third-order valence-corrected chi connectivity index (χ3v) is 6.79. The van der Waals surface area contributed by atoms with Crippen LogP contribution in [0.3, 0.4) is 0 Å². The third kappa shape index (κ3) is 3.58. The third-order valence-electron chi connectivity index (χ3n) is 6.79. The summed E-state index contributed by atoms with van der Waals surface area (Å²) < 4.78 is 63.2. The maximum Gasteiger partial charge on any atom is 0.490 e. The van der Waals surface area contributed by atoms with Gasteiger partial charge in [-0.3, -0.25) is 9.69 Å². The number of guanidine groups is 1. The number of benzene rings is 1. The molecule has 0 radical (unpaired) electrons. The number of amides is 1. The number of likely N-dealkylation sites (N-methyl/N-ethyl adjacent to an activating group) is 1.